The monoisotopic (exact) mass is 271 g/mol. The van der Waals surface area contributed by atoms with Crippen LogP contribution in [0.4, 0.5) is 5.69 Å². The lowest BCUT2D eigenvalue weighted by Crippen LogP contribution is -2.49. The van der Waals surface area contributed by atoms with Crippen molar-refractivity contribution >= 4 is 11.7 Å². The van der Waals surface area contributed by atoms with Crippen LogP contribution in [0.25, 0.3) is 0 Å². The first-order chi connectivity index (χ1) is 9.56. The van der Waals surface area contributed by atoms with E-state index >= 15 is 0 Å². The number of hydrogen-bond donors (Lipinski definition) is 2. The fourth-order valence-electron chi connectivity index (χ4n) is 5.63. The van der Waals surface area contributed by atoms with Crippen molar-refractivity contribution in [2.24, 2.45) is 17.8 Å². The minimum atomic E-state index is -0.809. The second-order valence-electron chi connectivity index (χ2n) is 7.31. The number of rotatable bonds is 2. The number of carboxylic acid groups (broad SMARTS) is 1. The van der Waals surface area contributed by atoms with E-state index in [1.165, 1.54) is 38.5 Å². The van der Waals surface area contributed by atoms with E-state index in [0.717, 1.165) is 23.3 Å². The number of anilines is 1. The highest BCUT2D eigenvalue weighted by atomic mass is 16.4. The molecule has 5 rings (SSSR count). The summed E-state index contributed by atoms with van der Waals surface area (Å²) in [5.41, 5.74) is 8.23. The van der Waals surface area contributed by atoms with E-state index < -0.39 is 5.97 Å². The van der Waals surface area contributed by atoms with E-state index in [-0.39, 0.29) is 5.41 Å². The minimum absolute atomic E-state index is 0.0951. The van der Waals surface area contributed by atoms with Gasteiger partial charge in [-0.05, 0) is 85.5 Å². The summed E-state index contributed by atoms with van der Waals surface area (Å²) in [5, 5.41) is 9.52. The molecule has 4 fully saturated rings. The van der Waals surface area contributed by atoms with Crippen molar-refractivity contribution in [1.29, 1.82) is 0 Å². The summed E-state index contributed by atoms with van der Waals surface area (Å²) in [7, 11) is 0. The zero-order valence-corrected chi connectivity index (χ0v) is 11.6. The lowest BCUT2D eigenvalue weighted by atomic mass is 9.47. The van der Waals surface area contributed by atoms with Gasteiger partial charge in [-0.25, -0.2) is 4.79 Å². The number of nitrogens with two attached hydrogens (primary N) is 1. The molecule has 0 spiro atoms. The van der Waals surface area contributed by atoms with Crippen molar-refractivity contribution in [3.05, 3.63) is 29.3 Å². The number of nitrogen functional groups attached to an aromatic ring is 1. The number of aromatic carboxylic acids is 1. The van der Waals surface area contributed by atoms with Crippen molar-refractivity contribution in [1.82, 2.24) is 0 Å². The molecule has 3 nitrogen and oxygen atoms in total. The molecule has 4 aliphatic rings. The molecule has 1 aromatic rings. The van der Waals surface area contributed by atoms with Crippen LogP contribution >= 0.6 is 0 Å². The smallest absolute Gasteiger partial charge is 0.335 e. The molecule has 1 aromatic carbocycles. The number of hydrogen-bond acceptors (Lipinski definition) is 2. The van der Waals surface area contributed by atoms with Gasteiger partial charge < -0.3 is 10.8 Å². The molecule has 20 heavy (non-hydrogen) atoms. The van der Waals surface area contributed by atoms with E-state index in [4.69, 9.17) is 5.73 Å². The van der Waals surface area contributed by atoms with Crippen LogP contribution in [0.5, 0.6) is 0 Å². The number of carbonyl (C=O) groups is 1. The fraction of sp³-hybridized carbons (Fsp3) is 0.588. The average molecular weight is 271 g/mol. The van der Waals surface area contributed by atoms with Crippen LogP contribution < -0.4 is 5.73 Å². The van der Waals surface area contributed by atoms with Crippen molar-refractivity contribution in [3.8, 4) is 0 Å². The Morgan fingerprint density at radius 3 is 2.15 bits per heavy atom. The summed E-state index contributed by atoms with van der Waals surface area (Å²) in [6.07, 6.45) is 7.60. The Labute approximate surface area is 119 Å². The predicted molar refractivity (Wildman–Crippen MR) is 77.7 cm³/mol. The standard InChI is InChI=1S/C17H21NO2/c18-13-1-2-14(16(19)20)15(6-13)17-7-10-3-11(8-17)5-12(4-10)9-17/h1-2,6,10-12H,3-5,7-9,18H2,(H,19,20). The van der Waals surface area contributed by atoms with Gasteiger partial charge in [0.25, 0.3) is 0 Å². The highest BCUT2D eigenvalue weighted by Gasteiger charge is 2.52. The molecule has 106 valence electrons. The summed E-state index contributed by atoms with van der Waals surface area (Å²) in [5.74, 6) is 1.62. The van der Waals surface area contributed by atoms with Gasteiger partial charge in [-0.15, -0.1) is 0 Å². The maximum Gasteiger partial charge on any atom is 0.335 e. The fourth-order valence-corrected chi connectivity index (χ4v) is 5.63. The van der Waals surface area contributed by atoms with E-state index in [9.17, 15) is 9.90 Å². The molecular weight excluding hydrogens is 250 g/mol. The Bertz CT molecular complexity index is 543. The molecule has 4 saturated carbocycles. The molecule has 0 amide bonds. The first-order valence-corrected chi connectivity index (χ1v) is 7.69. The molecule has 4 bridgehead atoms. The van der Waals surface area contributed by atoms with Gasteiger partial charge in [-0.3, -0.25) is 0 Å². The third-order valence-corrected chi connectivity index (χ3v) is 5.88. The minimum Gasteiger partial charge on any atom is -0.478 e. The molecule has 0 aliphatic heterocycles. The average Bonchev–Trinajstić information content (AvgIpc) is 2.36. The molecule has 0 unspecified atom stereocenters. The molecule has 0 aromatic heterocycles. The lowest BCUT2D eigenvalue weighted by Gasteiger charge is -2.57. The topological polar surface area (TPSA) is 63.3 Å². The van der Waals surface area contributed by atoms with Crippen LogP contribution in [0.15, 0.2) is 18.2 Å². The summed E-state index contributed by atoms with van der Waals surface area (Å²) >= 11 is 0. The largest absolute Gasteiger partial charge is 0.478 e. The van der Waals surface area contributed by atoms with Crippen LogP contribution in [0.1, 0.15) is 54.4 Å². The van der Waals surface area contributed by atoms with E-state index in [0.29, 0.717) is 11.3 Å². The Morgan fingerprint density at radius 1 is 1.10 bits per heavy atom. The first-order valence-electron chi connectivity index (χ1n) is 7.69. The second-order valence-corrected chi connectivity index (χ2v) is 7.31. The number of carboxylic acids is 1. The first kappa shape index (κ1) is 12.2. The van der Waals surface area contributed by atoms with Crippen molar-refractivity contribution in [2.45, 2.75) is 43.9 Å². The highest BCUT2D eigenvalue weighted by molar-refractivity contribution is 5.90. The molecule has 0 atom stereocenters. The Morgan fingerprint density at radius 2 is 1.65 bits per heavy atom. The van der Waals surface area contributed by atoms with Crippen LogP contribution in [0, 0.1) is 17.8 Å². The maximum atomic E-state index is 11.6. The molecular formula is C17H21NO2. The van der Waals surface area contributed by atoms with Gasteiger partial charge in [0.15, 0.2) is 0 Å². The summed E-state index contributed by atoms with van der Waals surface area (Å²) in [6, 6.07) is 5.36. The lowest BCUT2D eigenvalue weighted by molar-refractivity contribution is -0.00579. The third kappa shape index (κ3) is 1.68. The quantitative estimate of drug-likeness (QED) is 0.810. The Hall–Kier alpha value is -1.51. The SMILES string of the molecule is Nc1ccc(C(=O)O)c(C23CC4CC(CC(C4)C2)C3)c1. The number of benzene rings is 1. The van der Waals surface area contributed by atoms with Gasteiger partial charge in [-0.1, -0.05) is 0 Å². The molecule has 0 radical (unpaired) electrons. The van der Waals surface area contributed by atoms with E-state index in [2.05, 4.69) is 0 Å². The Kier molecular flexibility index (Phi) is 2.45. The van der Waals surface area contributed by atoms with Crippen molar-refractivity contribution < 1.29 is 9.90 Å². The molecule has 3 heteroatoms. The third-order valence-electron chi connectivity index (χ3n) is 5.88. The molecule has 4 aliphatic carbocycles. The van der Waals surface area contributed by atoms with Crippen molar-refractivity contribution in [2.75, 3.05) is 5.73 Å². The zero-order valence-electron chi connectivity index (χ0n) is 11.6. The molecule has 3 N–H and O–H groups in total. The maximum absolute atomic E-state index is 11.6. The Balaban J connectivity index is 1.84. The van der Waals surface area contributed by atoms with Crippen molar-refractivity contribution in [3.63, 3.8) is 0 Å². The predicted octanol–water partition coefficient (Wildman–Crippen LogP) is 3.43. The van der Waals surface area contributed by atoms with Gasteiger partial charge >= 0.3 is 5.97 Å². The molecule has 0 heterocycles. The summed E-state index contributed by atoms with van der Waals surface area (Å²) in [6.45, 7) is 0. The van der Waals surface area contributed by atoms with Gasteiger partial charge in [0.1, 0.15) is 0 Å². The zero-order chi connectivity index (χ0) is 13.9. The van der Waals surface area contributed by atoms with Gasteiger partial charge in [0, 0.05) is 5.69 Å². The van der Waals surface area contributed by atoms with Gasteiger partial charge in [0.05, 0.1) is 5.56 Å². The van der Waals surface area contributed by atoms with E-state index in [1.807, 2.05) is 6.07 Å². The second kappa shape index (κ2) is 4.00. The van der Waals surface area contributed by atoms with Crippen LogP contribution in [-0.2, 0) is 5.41 Å². The summed E-state index contributed by atoms with van der Waals surface area (Å²) in [4.78, 5) is 11.6. The van der Waals surface area contributed by atoms with E-state index in [1.54, 1.807) is 12.1 Å². The van der Waals surface area contributed by atoms with Crippen LogP contribution in [0.2, 0.25) is 0 Å². The normalized spacial score (nSPS) is 38.1. The van der Waals surface area contributed by atoms with Gasteiger partial charge in [0.2, 0.25) is 0 Å². The molecule has 0 saturated heterocycles. The van der Waals surface area contributed by atoms with Gasteiger partial charge in [-0.2, -0.15) is 0 Å². The van der Waals surface area contributed by atoms with Crippen LogP contribution in [0.3, 0.4) is 0 Å². The van der Waals surface area contributed by atoms with Crippen LogP contribution in [-0.4, -0.2) is 11.1 Å². The highest BCUT2D eigenvalue weighted by Crippen LogP contribution is 2.61. The summed E-state index contributed by atoms with van der Waals surface area (Å²) < 4.78 is 0.